The van der Waals surface area contributed by atoms with Crippen LogP contribution >= 0.6 is 38.9 Å². The quantitative estimate of drug-likeness (QED) is 0.206. The van der Waals surface area contributed by atoms with Gasteiger partial charge in [-0.2, -0.15) is 5.26 Å². The first-order valence-electron chi connectivity index (χ1n) is 9.69. The van der Waals surface area contributed by atoms with Gasteiger partial charge in [0.15, 0.2) is 0 Å². The average Bonchev–Trinajstić information content (AvgIpc) is 3.21. The van der Waals surface area contributed by atoms with E-state index in [9.17, 15) is 14.9 Å². The molecular weight excluding hydrogens is 528 g/mol. The van der Waals surface area contributed by atoms with Crippen molar-refractivity contribution in [1.82, 2.24) is 0 Å². The summed E-state index contributed by atoms with van der Waals surface area (Å²) in [5.74, 6) is -0.581. The number of esters is 1. The van der Waals surface area contributed by atoms with Crippen LogP contribution in [0.25, 0.3) is 17.2 Å². The van der Waals surface area contributed by atoms with E-state index < -0.39 is 11.9 Å². The topological polar surface area (TPSA) is 88.4 Å². The van der Waals surface area contributed by atoms with Crippen molar-refractivity contribution in [3.63, 3.8) is 0 Å². The zero-order chi connectivity index (χ0) is 24.0. The van der Waals surface area contributed by atoms with Gasteiger partial charge in [-0.1, -0.05) is 29.8 Å². The molecule has 1 N–H and O–H groups in total. The molecule has 2 aromatic carbocycles. The van der Waals surface area contributed by atoms with Gasteiger partial charge in [0, 0.05) is 16.0 Å². The van der Waals surface area contributed by atoms with E-state index in [2.05, 4.69) is 21.2 Å². The normalized spacial score (nSPS) is 10.9. The summed E-state index contributed by atoms with van der Waals surface area (Å²) in [5.41, 5.74) is 2.09. The monoisotopic (exact) mass is 544 g/mol. The van der Waals surface area contributed by atoms with Crippen molar-refractivity contribution < 1.29 is 19.1 Å². The first-order valence-corrected chi connectivity index (χ1v) is 11.7. The summed E-state index contributed by atoms with van der Waals surface area (Å²) in [6.07, 6.45) is 1.46. The highest BCUT2D eigenvalue weighted by Gasteiger charge is 2.23. The average molecular weight is 546 g/mol. The number of nitriles is 1. The van der Waals surface area contributed by atoms with E-state index in [0.29, 0.717) is 31.4 Å². The summed E-state index contributed by atoms with van der Waals surface area (Å²) in [5, 5.41) is 14.9. The molecule has 1 heterocycles. The molecule has 1 aromatic heterocycles. The lowest BCUT2D eigenvalue weighted by Crippen LogP contribution is -2.16. The Labute approximate surface area is 208 Å². The smallest absolute Gasteiger partial charge is 0.341 e. The maximum Gasteiger partial charge on any atom is 0.341 e. The standard InChI is InChI=1S/C24H18BrClN2O4S/c1-3-32-24(30)21-18(15-5-7-17(26)8-6-15)13-33-23(21)28-22(29)16(12-27)10-14-4-9-20(31-2)19(25)11-14/h4-11,13H,3H2,1-2H3,(H,28,29)/b16-10+. The number of benzene rings is 2. The molecule has 0 radical (unpaired) electrons. The minimum atomic E-state index is -0.639. The Morgan fingerprint density at radius 3 is 2.58 bits per heavy atom. The van der Waals surface area contributed by atoms with E-state index in [1.165, 1.54) is 17.4 Å². The van der Waals surface area contributed by atoms with Gasteiger partial charge in [0.1, 0.15) is 28.0 Å². The van der Waals surface area contributed by atoms with Crippen molar-refractivity contribution in [3.8, 4) is 22.9 Å². The number of methoxy groups -OCH3 is 1. The first kappa shape index (κ1) is 24.5. The largest absolute Gasteiger partial charge is 0.496 e. The molecule has 33 heavy (non-hydrogen) atoms. The summed E-state index contributed by atoms with van der Waals surface area (Å²) >= 11 is 10.5. The lowest BCUT2D eigenvalue weighted by atomic mass is 10.0. The highest BCUT2D eigenvalue weighted by Crippen LogP contribution is 2.37. The third kappa shape index (κ3) is 5.82. The van der Waals surface area contributed by atoms with Crippen molar-refractivity contribution in [3.05, 3.63) is 74.0 Å². The number of ether oxygens (including phenoxy) is 2. The lowest BCUT2D eigenvalue weighted by molar-refractivity contribution is -0.112. The van der Waals surface area contributed by atoms with Crippen LogP contribution in [0.1, 0.15) is 22.8 Å². The molecule has 0 aliphatic carbocycles. The highest BCUT2D eigenvalue weighted by molar-refractivity contribution is 9.10. The third-order valence-corrected chi connectivity index (χ3v) is 6.27. The summed E-state index contributed by atoms with van der Waals surface area (Å²) in [4.78, 5) is 25.6. The Morgan fingerprint density at radius 1 is 1.24 bits per heavy atom. The number of nitrogens with one attached hydrogen (secondary N) is 1. The minimum Gasteiger partial charge on any atom is -0.496 e. The molecule has 3 aromatic rings. The summed E-state index contributed by atoms with van der Waals surface area (Å²) in [7, 11) is 1.55. The molecule has 0 saturated heterocycles. The van der Waals surface area contributed by atoms with Crippen molar-refractivity contribution in [1.29, 1.82) is 5.26 Å². The molecule has 6 nitrogen and oxygen atoms in total. The zero-order valence-electron chi connectivity index (χ0n) is 17.6. The van der Waals surface area contributed by atoms with Crippen LogP contribution in [0.3, 0.4) is 0 Å². The molecule has 3 rings (SSSR count). The van der Waals surface area contributed by atoms with E-state index >= 15 is 0 Å². The number of halogens is 2. The van der Waals surface area contributed by atoms with Gasteiger partial charge in [0.25, 0.3) is 5.91 Å². The molecule has 0 bridgehead atoms. The molecule has 0 spiro atoms. The lowest BCUT2D eigenvalue weighted by Gasteiger charge is -2.09. The predicted octanol–water partition coefficient (Wildman–Crippen LogP) is 6.56. The molecule has 0 aliphatic heterocycles. The van der Waals surface area contributed by atoms with Crippen LogP contribution in [-0.4, -0.2) is 25.6 Å². The fourth-order valence-corrected chi connectivity index (χ4v) is 4.59. The Hall–Kier alpha value is -3.12. The Kier molecular flexibility index (Phi) is 8.28. The van der Waals surface area contributed by atoms with Gasteiger partial charge in [0.2, 0.25) is 0 Å². The van der Waals surface area contributed by atoms with Gasteiger partial charge in [0.05, 0.1) is 18.2 Å². The number of amides is 1. The fourth-order valence-electron chi connectivity index (χ4n) is 2.96. The van der Waals surface area contributed by atoms with Crippen LogP contribution in [-0.2, 0) is 9.53 Å². The number of thiophene rings is 1. The third-order valence-electron chi connectivity index (χ3n) is 4.50. The summed E-state index contributed by atoms with van der Waals surface area (Å²) < 4.78 is 11.1. The van der Waals surface area contributed by atoms with E-state index in [4.69, 9.17) is 21.1 Å². The van der Waals surface area contributed by atoms with Crippen LogP contribution in [0.4, 0.5) is 5.00 Å². The highest BCUT2D eigenvalue weighted by atomic mass is 79.9. The van der Waals surface area contributed by atoms with E-state index in [1.807, 2.05) is 6.07 Å². The number of nitrogens with zero attached hydrogens (tertiary/aromatic N) is 1. The second kappa shape index (κ2) is 11.1. The van der Waals surface area contributed by atoms with Gasteiger partial charge in [-0.05, 0) is 64.3 Å². The molecule has 0 atom stereocenters. The second-order valence-electron chi connectivity index (χ2n) is 6.60. The van der Waals surface area contributed by atoms with Crippen LogP contribution in [0.2, 0.25) is 5.02 Å². The van der Waals surface area contributed by atoms with E-state index in [-0.39, 0.29) is 17.7 Å². The summed E-state index contributed by atoms with van der Waals surface area (Å²) in [6, 6.07) is 14.1. The Balaban J connectivity index is 1.95. The molecule has 168 valence electrons. The molecule has 0 unspecified atom stereocenters. The maximum absolute atomic E-state index is 12.9. The number of hydrogen-bond acceptors (Lipinski definition) is 6. The van der Waals surface area contributed by atoms with E-state index in [0.717, 1.165) is 5.56 Å². The van der Waals surface area contributed by atoms with Gasteiger partial charge in [-0.15, -0.1) is 11.3 Å². The van der Waals surface area contributed by atoms with Crippen LogP contribution in [0.15, 0.2) is 57.9 Å². The van der Waals surface area contributed by atoms with Crippen molar-refractivity contribution in [2.24, 2.45) is 0 Å². The van der Waals surface area contributed by atoms with Crippen LogP contribution < -0.4 is 10.1 Å². The molecular formula is C24H18BrClN2O4S. The van der Waals surface area contributed by atoms with Crippen LogP contribution in [0.5, 0.6) is 5.75 Å². The van der Waals surface area contributed by atoms with Gasteiger partial charge in [-0.25, -0.2) is 4.79 Å². The van der Waals surface area contributed by atoms with Crippen LogP contribution in [0, 0.1) is 11.3 Å². The molecule has 0 aliphatic rings. The van der Waals surface area contributed by atoms with Crippen molar-refractivity contribution >= 4 is 61.8 Å². The number of hydrogen-bond donors (Lipinski definition) is 1. The summed E-state index contributed by atoms with van der Waals surface area (Å²) in [6.45, 7) is 1.88. The molecule has 0 saturated carbocycles. The Morgan fingerprint density at radius 2 is 1.97 bits per heavy atom. The first-order chi connectivity index (χ1) is 15.9. The van der Waals surface area contributed by atoms with Gasteiger partial charge < -0.3 is 14.8 Å². The number of rotatable bonds is 7. The predicted molar refractivity (Wildman–Crippen MR) is 134 cm³/mol. The number of carbonyl (C=O) groups excluding carboxylic acids is 2. The number of anilines is 1. The van der Waals surface area contributed by atoms with E-state index in [1.54, 1.807) is 61.9 Å². The maximum atomic E-state index is 12.9. The van der Waals surface area contributed by atoms with Gasteiger partial charge in [-0.3, -0.25) is 4.79 Å². The zero-order valence-corrected chi connectivity index (χ0v) is 20.8. The fraction of sp³-hybridized carbons (Fsp3) is 0.125. The molecule has 0 fully saturated rings. The Bertz CT molecular complexity index is 1260. The SMILES string of the molecule is CCOC(=O)c1c(-c2ccc(Cl)cc2)csc1NC(=O)/C(C#N)=C/c1ccc(OC)c(Br)c1. The second-order valence-corrected chi connectivity index (χ2v) is 8.77. The molecule has 1 amide bonds. The van der Waals surface area contributed by atoms with Crippen molar-refractivity contribution in [2.75, 3.05) is 19.0 Å². The number of carbonyl (C=O) groups is 2. The van der Waals surface area contributed by atoms with Gasteiger partial charge >= 0.3 is 5.97 Å². The van der Waals surface area contributed by atoms with Crippen molar-refractivity contribution in [2.45, 2.75) is 6.92 Å². The molecule has 9 heteroatoms. The minimum absolute atomic E-state index is 0.122.